The molecule has 7 heteroatoms. The van der Waals surface area contributed by atoms with Crippen LogP contribution in [0.4, 0.5) is 11.4 Å². The van der Waals surface area contributed by atoms with Crippen LogP contribution < -0.4 is 10.6 Å². The van der Waals surface area contributed by atoms with Crippen LogP contribution in [0.5, 0.6) is 0 Å². The molecular formula is C24H22Cl2N2O2S. The van der Waals surface area contributed by atoms with Crippen LogP contribution >= 0.6 is 35.0 Å². The standard InChI is InChI=1S/C24H22Cl2N2O2S/c1-2-7-22(29)27-17-10-6-11-19(14-17)31-23(16-8-4-3-5-9-16)24(30)28-18-12-13-20(25)21(26)15-18/h3-6,8-15,23H,2,7H2,1H3,(H,27,29)(H,28,30). The predicted octanol–water partition coefficient (Wildman–Crippen LogP) is 7.20. The van der Waals surface area contributed by atoms with E-state index in [1.54, 1.807) is 18.2 Å². The smallest absolute Gasteiger partial charge is 0.242 e. The zero-order valence-corrected chi connectivity index (χ0v) is 19.2. The van der Waals surface area contributed by atoms with Gasteiger partial charge in [-0.15, -0.1) is 11.8 Å². The number of halogens is 2. The van der Waals surface area contributed by atoms with Crippen LogP contribution in [-0.2, 0) is 9.59 Å². The topological polar surface area (TPSA) is 58.2 Å². The monoisotopic (exact) mass is 472 g/mol. The van der Waals surface area contributed by atoms with Crippen molar-refractivity contribution in [3.8, 4) is 0 Å². The Bertz CT molecular complexity index is 1060. The Morgan fingerprint density at radius 1 is 0.871 bits per heavy atom. The van der Waals surface area contributed by atoms with Crippen molar-refractivity contribution in [3.63, 3.8) is 0 Å². The summed E-state index contributed by atoms with van der Waals surface area (Å²) in [5.41, 5.74) is 2.15. The van der Waals surface area contributed by atoms with Crippen molar-refractivity contribution < 1.29 is 9.59 Å². The SMILES string of the molecule is CCCC(=O)Nc1cccc(SC(C(=O)Nc2ccc(Cl)c(Cl)c2)c2ccccc2)c1. The van der Waals surface area contributed by atoms with E-state index in [1.165, 1.54) is 11.8 Å². The number of carbonyl (C=O) groups excluding carboxylic acids is 2. The minimum absolute atomic E-state index is 0.0263. The number of hydrogen-bond donors (Lipinski definition) is 2. The summed E-state index contributed by atoms with van der Waals surface area (Å²) in [5, 5.41) is 6.11. The van der Waals surface area contributed by atoms with Gasteiger partial charge < -0.3 is 10.6 Å². The summed E-state index contributed by atoms with van der Waals surface area (Å²) in [6.07, 6.45) is 1.25. The maximum absolute atomic E-state index is 13.2. The summed E-state index contributed by atoms with van der Waals surface area (Å²) < 4.78 is 0. The van der Waals surface area contributed by atoms with Crippen molar-refractivity contribution >= 4 is 58.2 Å². The lowest BCUT2D eigenvalue weighted by Crippen LogP contribution is -2.19. The van der Waals surface area contributed by atoms with Crippen molar-refractivity contribution in [2.75, 3.05) is 10.6 Å². The van der Waals surface area contributed by atoms with Crippen LogP contribution in [-0.4, -0.2) is 11.8 Å². The van der Waals surface area contributed by atoms with Gasteiger partial charge in [0.25, 0.3) is 0 Å². The molecule has 3 aromatic carbocycles. The molecule has 0 fully saturated rings. The van der Waals surface area contributed by atoms with Gasteiger partial charge in [0.2, 0.25) is 11.8 Å². The van der Waals surface area contributed by atoms with Gasteiger partial charge in [0.05, 0.1) is 10.0 Å². The van der Waals surface area contributed by atoms with Crippen LogP contribution in [0.2, 0.25) is 10.0 Å². The zero-order chi connectivity index (χ0) is 22.2. The number of anilines is 2. The van der Waals surface area contributed by atoms with Gasteiger partial charge in [0.1, 0.15) is 5.25 Å². The van der Waals surface area contributed by atoms with E-state index in [0.717, 1.165) is 16.9 Å². The molecule has 0 aliphatic rings. The van der Waals surface area contributed by atoms with Gasteiger partial charge in [0, 0.05) is 22.7 Å². The van der Waals surface area contributed by atoms with Crippen molar-refractivity contribution in [2.24, 2.45) is 0 Å². The van der Waals surface area contributed by atoms with Crippen molar-refractivity contribution in [1.29, 1.82) is 0 Å². The fraction of sp³-hybridized carbons (Fsp3) is 0.167. The van der Waals surface area contributed by atoms with E-state index in [1.807, 2.05) is 61.5 Å². The Morgan fingerprint density at radius 3 is 2.32 bits per heavy atom. The molecule has 3 rings (SSSR count). The second-order valence-corrected chi connectivity index (χ2v) is 8.85. The van der Waals surface area contributed by atoms with Gasteiger partial charge in [-0.3, -0.25) is 9.59 Å². The quantitative estimate of drug-likeness (QED) is 0.340. The average molecular weight is 473 g/mol. The van der Waals surface area contributed by atoms with E-state index in [2.05, 4.69) is 10.6 Å². The number of carbonyl (C=O) groups is 2. The first kappa shape index (κ1) is 23.2. The lowest BCUT2D eigenvalue weighted by atomic mass is 10.1. The largest absolute Gasteiger partial charge is 0.326 e. The molecule has 0 radical (unpaired) electrons. The van der Waals surface area contributed by atoms with Crippen LogP contribution in [0, 0.1) is 0 Å². The highest BCUT2D eigenvalue weighted by Gasteiger charge is 2.22. The van der Waals surface area contributed by atoms with E-state index in [0.29, 0.717) is 27.8 Å². The fourth-order valence-electron chi connectivity index (χ4n) is 2.92. The van der Waals surface area contributed by atoms with E-state index < -0.39 is 5.25 Å². The van der Waals surface area contributed by atoms with Crippen molar-refractivity contribution in [2.45, 2.75) is 29.9 Å². The molecule has 4 nitrogen and oxygen atoms in total. The third-order valence-electron chi connectivity index (χ3n) is 4.38. The van der Waals surface area contributed by atoms with Gasteiger partial charge in [-0.05, 0) is 48.4 Å². The second-order valence-electron chi connectivity index (χ2n) is 6.85. The first-order chi connectivity index (χ1) is 15.0. The van der Waals surface area contributed by atoms with E-state index in [4.69, 9.17) is 23.2 Å². The van der Waals surface area contributed by atoms with E-state index in [-0.39, 0.29) is 11.8 Å². The Balaban J connectivity index is 1.82. The van der Waals surface area contributed by atoms with Crippen molar-refractivity contribution in [3.05, 3.63) is 88.4 Å². The summed E-state index contributed by atoms with van der Waals surface area (Å²) >= 11 is 13.5. The summed E-state index contributed by atoms with van der Waals surface area (Å²) in [6, 6.07) is 22.0. The zero-order valence-electron chi connectivity index (χ0n) is 16.9. The van der Waals surface area contributed by atoms with Crippen LogP contribution in [0.1, 0.15) is 30.6 Å². The van der Waals surface area contributed by atoms with Gasteiger partial charge in [-0.1, -0.05) is 66.5 Å². The molecule has 0 aliphatic carbocycles. The molecule has 1 atom stereocenters. The summed E-state index contributed by atoms with van der Waals surface area (Å²) in [4.78, 5) is 26.0. The third-order valence-corrected chi connectivity index (χ3v) is 6.36. The van der Waals surface area contributed by atoms with Gasteiger partial charge in [-0.2, -0.15) is 0 Å². The second kappa shape index (κ2) is 11.2. The van der Waals surface area contributed by atoms with Gasteiger partial charge in [0.15, 0.2) is 0 Å². The normalized spacial score (nSPS) is 11.6. The molecule has 0 saturated heterocycles. The molecule has 0 aliphatic heterocycles. The number of thioether (sulfide) groups is 1. The maximum atomic E-state index is 13.2. The predicted molar refractivity (Wildman–Crippen MR) is 130 cm³/mol. The first-order valence-corrected chi connectivity index (χ1v) is 11.5. The number of rotatable bonds is 8. The van der Waals surface area contributed by atoms with Crippen LogP contribution in [0.25, 0.3) is 0 Å². The van der Waals surface area contributed by atoms with Gasteiger partial charge in [-0.25, -0.2) is 0 Å². The molecule has 0 bridgehead atoms. The molecule has 0 heterocycles. The molecule has 0 saturated carbocycles. The van der Waals surface area contributed by atoms with E-state index in [9.17, 15) is 9.59 Å². The number of hydrogen-bond acceptors (Lipinski definition) is 3. The Kier molecular flexibility index (Phi) is 8.41. The van der Waals surface area contributed by atoms with Crippen molar-refractivity contribution in [1.82, 2.24) is 0 Å². The highest BCUT2D eigenvalue weighted by molar-refractivity contribution is 8.00. The lowest BCUT2D eigenvalue weighted by Gasteiger charge is -2.18. The average Bonchev–Trinajstić information content (AvgIpc) is 2.75. The number of amides is 2. The Morgan fingerprint density at radius 2 is 1.61 bits per heavy atom. The maximum Gasteiger partial charge on any atom is 0.242 e. The Hall–Kier alpha value is -2.47. The fourth-order valence-corrected chi connectivity index (χ4v) is 4.30. The summed E-state index contributed by atoms with van der Waals surface area (Å²) in [7, 11) is 0. The summed E-state index contributed by atoms with van der Waals surface area (Å²) in [5.74, 6) is -0.211. The molecule has 0 aromatic heterocycles. The van der Waals surface area contributed by atoms with Gasteiger partial charge >= 0.3 is 0 Å². The van der Waals surface area contributed by atoms with Crippen LogP contribution in [0.15, 0.2) is 77.7 Å². The highest BCUT2D eigenvalue weighted by Crippen LogP contribution is 2.37. The first-order valence-electron chi connectivity index (χ1n) is 9.83. The number of nitrogens with one attached hydrogen (secondary N) is 2. The minimum Gasteiger partial charge on any atom is -0.326 e. The molecule has 160 valence electrons. The molecular weight excluding hydrogens is 451 g/mol. The van der Waals surface area contributed by atoms with Crippen LogP contribution in [0.3, 0.4) is 0 Å². The molecule has 2 N–H and O–H groups in total. The van der Waals surface area contributed by atoms with E-state index >= 15 is 0 Å². The minimum atomic E-state index is -0.503. The highest BCUT2D eigenvalue weighted by atomic mass is 35.5. The molecule has 0 spiro atoms. The number of benzene rings is 3. The molecule has 2 amide bonds. The molecule has 1 unspecified atom stereocenters. The summed E-state index contributed by atoms with van der Waals surface area (Å²) in [6.45, 7) is 1.96. The molecule has 31 heavy (non-hydrogen) atoms. The lowest BCUT2D eigenvalue weighted by molar-refractivity contribution is -0.116. The third kappa shape index (κ3) is 6.76. The molecule has 3 aromatic rings. The Labute approximate surface area is 196 Å².